The number of thiophene rings is 1. The Morgan fingerprint density at radius 3 is 1.63 bits per heavy atom. The van der Waals surface area contributed by atoms with E-state index in [1.807, 2.05) is 11.3 Å². The lowest BCUT2D eigenvalue weighted by molar-refractivity contribution is 0.660. The second kappa shape index (κ2) is 14.4. The van der Waals surface area contributed by atoms with Crippen LogP contribution in [-0.4, -0.2) is 9.97 Å². The summed E-state index contributed by atoms with van der Waals surface area (Å²) >= 11 is 1.85. The Labute approximate surface area is 383 Å². The van der Waals surface area contributed by atoms with Gasteiger partial charge in [0.25, 0.3) is 0 Å². The molecule has 0 radical (unpaired) electrons. The Balaban J connectivity index is 0.991. The van der Waals surface area contributed by atoms with E-state index in [9.17, 15) is 0 Å². The maximum atomic E-state index is 5.49. The molecule has 0 unspecified atom stereocenters. The van der Waals surface area contributed by atoms with Crippen LogP contribution in [0, 0.1) is 0 Å². The van der Waals surface area contributed by atoms with E-state index < -0.39 is 5.41 Å². The van der Waals surface area contributed by atoms with Gasteiger partial charge in [-0.2, -0.15) is 0 Å². The van der Waals surface area contributed by atoms with Crippen LogP contribution >= 0.6 is 11.3 Å². The lowest BCUT2D eigenvalue weighted by Crippen LogP contribution is -2.28. The highest BCUT2D eigenvalue weighted by Gasteiger charge is 2.46. The van der Waals surface area contributed by atoms with Gasteiger partial charge in [-0.05, 0) is 103 Å². The Hall–Kier alpha value is -7.72. The topological polar surface area (TPSA) is 25.8 Å². The normalized spacial score (nSPS) is 13.9. The minimum absolute atomic E-state index is 0.0902. The molecule has 0 fully saturated rings. The summed E-state index contributed by atoms with van der Waals surface area (Å²) in [6, 6.07) is 80.2. The molecule has 0 N–H and O–H groups in total. The van der Waals surface area contributed by atoms with Crippen molar-refractivity contribution in [2.45, 2.75) is 24.7 Å². The largest absolute Gasteiger partial charge is 0.228 e. The summed E-state index contributed by atoms with van der Waals surface area (Å²) in [5.41, 5.74) is 19.4. The quantitative estimate of drug-likeness (QED) is 0.167. The first-order chi connectivity index (χ1) is 31.9. The molecule has 2 heterocycles. The minimum atomic E-state index is -0.516. The third-order valence-corrected chi connectivity index (χ3v) is 15.4. The van der Waals surface area contributed by atoms with Gasteiger partial charge in [0.15, 0.2) is 5.82 Å². The van der Waals surface area contributed by atoms with Crippen molar-refractivity contribution in [3.63, 3.8) is 0 Å². The number of rotatable bonds is 6. The predicted octanol–water partition coefficient (Wildman–Crippen LogP) is 16.2. The molecule has 9 aromatic carbocycles. The third kappa shape index (κ3) is 5.72. The molecular formula is C62H42N2S. The summed E-state index contributed by atoms with van der Waals surface area (Å²) in [6.07, 6.45) is 0. The first-order valence-corrected chi connectivity index (χ1v) is 23.3. The zero-order valence-electron chi connectivity index (χ0n) is 36.1. The molecular weight excluding hydrogens is 805 g/mol. The Morgan fingerprint density at radius 2 is 0.877 bits per heavy atom. The molecule has 0 saturated heterocycles. The van der Waals surface area contributed by atoms with E-state index in [1.54, 1.807) is 0 Å². The van der Waals surface area contributed by atoms with Crippen LogP contribution in [0.25, 0.3) is 87.5 Å². The second-order valence-corrected chi connectivity index (χ2v) is 19.2. The van der Waals surface area contributed by atoms with Gasteiger partial charge in [-0.15, -0.1) is 11.3 Å². The fourth-order valence-electron chi connectivity index (χ4n) is 11.1. The van der Waals surface area contributed by atoms with E-state index in [1.165, 1.54) is 86.9 Å². The van der Waals surface area contributed by atoms with Crippen LogP contribution in [0.2, 0.25) is 0 Å². The summed E-state index contributed by atoms with van der Waals surface area (Å²) in [5, 5.41) is 2.62. The minimum Gasteiger partial charge on any atom is -0.228 e. The number of aromatic nitrogens is 2. The number of benzene rings is 9. The van der Waals surface area contributed by atoms with E-state index in [-0.39, 0.29) is 5.41 Å². The first kappa shape index (κ1) is 37.8. The SMILES string of the molecule is CC1(C)c2ccccc2-c2cc(-c3nc(-c4ccc(-c5ccc6sc7ccccc7c6c5)cc4)cc(-c4ccc5c(c4)C(c4ccccc4)(c4ccccc4)c4ccccc4-5)n3)ccc21. The van der Waals surface area contributed by atoms with Gasteiger partial charge < -0.3 is 0 Å². The molecule has 2 aliphatic rings. The monoisotopic (exact) mass is 846 g/mol. The summed E-state index contributed by atoms with van der Waals surface area (Å²) in [7, 11) is 0. The Bertz CT molecular complexity index is 3640. The Morgan fingerprint density at radius 1 is 0.338 bits per heavy atom. The fraction of sp³-hybridized carbons (Fsp3) is 0.0645. The number of hydrogen-bond donors (Lipinski definition) is 0. The molecule has 0 aliphatic heterocycles. The summed E-state index contributed by atoms with van der Waals surface area (Å²) < 4.78 is 2.63. The smallest absolute Gasteiger partial charge is 0.160 e. The first-order valence-electron chi connectivity index (χ1n) is 22.5. The van der Waals surface area contributed by atoms with Gasteiger partial charge in [-0.3, -0.25) is 0 Å². The second-order valence-electron chi connectivity index (χ2n) is 18.1. The Kier molecular flexibility index (Phi) is 8.38. The maximum absolute atomic E-state index is 5.49. The van der Waals surface area contributed by atoms with Gasteiger partial charge in [-0.25, -0.2) is 9.97 Å². The van der Waals surface area contributed by atoms with E-state index in [4.69, 9.17) is 9.97 Å². The van der Waals surface area contributed by atoms with E-state index in [0.29, 0.717) is 5.82 Å². The maximum Gasteiger partial charge on any atom is 0.160 e. The van der Waals surface area contributed by atoms with Crippen LogP contribution in [0.1, 0.15) is 47.2 Å². The van der Waals surface area contributed by atoms with Gasteiger partial charge in [0.2, 0.25) is 0 Å². The van der Waals surface area contributed by atoms with Gasteiger partial charge in [0, 0.05) is 42.3 Å². The molecule has 2 nitrogen and oxygen atoms in total. The number of hydrogen-bond acceptors (Lipinski definition) is 3. The van der Waals surface area contributed by atoms with Gasteiger partial charge in [-0.1, -0.05) is 196 Å². The third-order valence-electron chi connectivity index (χ3n) is 14.2. The molecule has 11 aromatic rings. The van der Waals surface area contributed by atoms with Crippen molar-refractivity contribution in [1.82, 2.24) is 9.97 Å². The standard InChI is InChI=1S/C62H42N2S/c1-61(2)52-22-12-9-20-47(52)50-36-43(30-33-53(50)61)60-63-56(40-27-25-39(26-28-40)41-31-34-59-51(35-41)49-21-11-14-24-58(49)65-59)38-57(64-60)42-29-32-48-46-19-10-13-23-54(46)62(55(48)37-42,44-15-5-3-6-16-44)45-17-7-4-8-18-45/h3-38H,1-2H3. The van der Waals surface area contributed by atoms with E-state index in [2.05, 4.69) is 232 Å². The summed E-state index contributed by atoms with van der Waals surface area (Å²) in [5.74, 6) is 0.711. The predicted molar refractivity (Wildman–Crippen MR) is 272 cm³/mol. The number of fused-ring (bicyclic) bond motifs is 9. The average Bonchev–Trinajstić information content (AvgIpc) is 3.97. The van der Waals surface area contributed by atoms with Crippen molar-refractivity contribution in [2.75, 3.05) is 0 Å². The van der Waals surface area contributed by atoms with Crippen molar-refractivity contribution in [3.05, 3.63) is 252 Å². The van der Waals surface area contributed by atoms with E-state index >= 15 is 0 Å². The van der Waals surface area contributed by atoms with Crippen LogP contribution < -0.4 is 0 Å². The van der Waals surface area contributed by atoms with Gasteiger partial charge in [0.1, 0.15) is 0 Å². The lowest BCUT2D eigenvalue weighted by atomic mass is 9.67. The molecule has 2 aliphatic carbocycles. The van der Waals surface area contributed by atoms with Crippen molar-refractivity contribution < 1.29 is 0 Å². The van der Waals surface area contributed by atoms with Gasteiger partial charge >= 0.3 is 0 Å². The van der Waals surface area contributed by atoms with Crippen LogP contribution in [0.15, 0.2) is 218 Å². The molecule has 0 atom stereocenters. The van der Waals surface area contributed by atoms with Crippen molar-refractivity contribution in [2.24, 2.45) is 0 Å². The van der Waals surface area contributed by atoms with Crippen LogP contribution in [0.3, 0.4) is 0 Å². The summed E-state index contributed by atoms with van der Waals surface area (Å²) in [4.78, 5) is 10.9. The molecule has 2 aromatic heterocycles. The van der Waals surface area contributed by atoms with Crippen molar-refractivity contribution in [1.29, 1.82) is 0 Å². The van der Waals surface area contributed by atoms with Crippen LogP contribution in [0.4, 0.5) is 0 Å². The average molecular weight is 847 g/mol. The molecule has 0 amide bonds. The van der Waals surface area contributed by atoms with Gasteiger partial charge in [0.05, 0.1) is 16.8 Å². The molecule has 65 heavy (non-hydrogen) atoms. The fourth-order valence-corrected chi connectivity index (χ4v) is 12.2. The summed E-state index contributed by atoms with van der Waals surface area (Å²) in [6.45, 7) is 4.65. The number of nitrogens with zero attached hydrogens (tertiary/aromatic N) is 2. The molecule has 0 bridgehead atoms. The van der Waals surface area contributed by atoms with Crippen molar-refractivity contribution >= 4 is 31.5 Å². The lowest BCUT2D eigenvalue weighted by Gasteiger charge is -2.34. The molecule has 0 spiro atoms. The van der Waals surface area contributed by atoms with Crippen LogP contribution in [-0.2, 0) is 10.8 Å². The highest BCUT2D eigenvalue weighted by Crippen LogP contribution is 2.57. The van der Waals surface area contributed by atoms with Crippen LogP contribution in [0.5, 0.6) is 0 Å². The molecule has 306 valence electrons. The highest BCUT2D eigenvalue weighted by atomic mass is 32.1. The zero-order chi connectivity index (χ0) is 43.3. The zero-order valence-corrected chi connectivity index (χ0v) is 36.9. The molecule has 3 heteroatoms. The molecule has 13 rings (SSSR count). The van der Waals surface area contributed by atoms with E-state index in [0.717, 1.165) is 28.1 Å². The van der Waals surface area contributed by atoms with Crippen molar-refractivity contribution in [3.8, 4) is 67.3 Å². The highest BCUT2D eigenvalue weighted by molar-refractivity contribution is 7.25. The molecule has 0 saturated carbocycles.